The molecule has 0 aliphatic carbocycles. The highest BCUT2D eigenvalue weighted by atomic mass is 16.3. The summed E-state index contributed by atoms with van der Waals surface area (Å²) in [5.74, 6) is 0.236. The first-order chi connectivity index (χ1) is 9.47. The van der Waals surface area contributed by atoms with Gasteiger partial charge in [0.15, 0.2) is 0 Å². The molecular formula is C15H23N3O2. The molecule has 0 aromatic heterocycles. The van der Waals surface area contributed by atoms with Gasteiger partial charge in [0, 0.05) is 25.7 Å². The van der Waals surface area contributed by atoms with E-state index in [1.54, 1.807) is 24.3 Å². The lowest BCUT2D eigenvalue weighted by molar-refractivity contribution is -0.135. The van der Waals surface area contributed by atoms with Crippen LogP contribution in [0.3, 0.4) is 0 Å². The number of phenols is 1. The highest BCUT2D eigenvalue weighted by Gasteiger charge is 2.27. The summed E-state index contributed by atoms with van der Waals surface area (Å²) in [5, 5.41) is 9.25. The number of piperazine rings is 1. The van der Waals surface area contributed by atoms with Gasteiger partial charge in [0.1, 0.15) is 5.75 Å². The van der Waals surface area contributed by atoms with Crippen LogP contribution in [0.4, 0.5) is 0 Å². The van der Waals surface area contributed by atoms with Gasteiger partial charge < -0.3 is 20.6 Å². The molecule has 1 aromatic rings. The van der Waals surface area contributed by atoms with E-state index in [-0.39, 0.29) is 11.7 Å². The second kappa shape index (κ2) is 6.24. The summed E-state index contributed by atoms with van der Waals surface area (Å²) in [7, 11) is 2.07. The predicted octanol–water partition coefficient (Wildman–Crippen LogP) is 0.424. The van der Waals surface area contributed by atoms with Crippen LogP contribution < -0.4 is 5.73 Å². The van der Waals surface area contributed by atoms with Gasteiger partial charge in [-0.1, -0.05) is 12.1 Å². The van der Waals surface area contributed by atoms with Crippen LogP contribution >= 0.6 is 0 Å². The monoisotopic (exact) mass is 277 g/mol. The molecule has 1 heterocycles. The summed E-state index contributed by atoms with van der Waals surface area (Å²) in [6.45, 7) is 4.48. The Kier molecular flexibility index (Phi) is 4.62. The number of hydrogen-bond donors (Lipinski definition) is 2. The van der Waals surface area contributed by atoms with Gasteiger partial charge in [0.05, 0.1) is 6.04 Å². The summed E-state index contributed by atoms with van der Waals surface area (Å²) in [4.78, 5) is 16.5. The first-order valence-corrected chi connectivity index (χ1v) is 7.00. The molecule has 5 nitrogen and oxygen atoms in total. The third-order valence-corrected chi connectivity index (χ3v) is 3.98. The molecule has 1 aliphatic heterocycles. The molecule has 1 aromatic carbocycles. The number of nitrogens with zero attached hydrogens (tertiary/aromatic N) is 2. The van der Waals surface area contributed by atoms with E-state index in [1.165, 1.54) is 0 Å². The Morgan fingerprint density at radius 1 is 1.40 bits per heavy atom. The van der Waals surface area contributed by atoms with Crippen LogP contribution in [-0.4, -0.2) is 59.6 Å². The van der Waals surface area contributed by atoms with Crippen molar-refractivity contribution in [3.8, 4) is 5.75 Å². The number of likely N-dealkylation sites (N-methyl/N-ethyl adjacent to an activating group) is 1. The van der Waals surface area contributed by atoms with E-state index in [9.17, 15) is 9.90 Å². The fourth-order valence-electron chi connectivity index (χ4n) is 2.46. The number of carbonyl (C=O) groups excluding carboxylic acids is 1. The standard InChI is InChI=1S/C15H23N3O2/c1-11-10-18(8-7-17(11)2)15(20)14(16)9-12-3-5-13(19)6-4-12/h3-6,11,14,19H,7-10,16H2,1-2H3. The lowest BCUT2D eigenvalue weighted by Gasteiger charge is -2.38. The van der Waals surface area contributed by atoms with Crippen LogP contribution in [-0.2, 0) is 11.2 Å². The third-order valence-electron chi connectivity index (χ3n) is 3.98. The van der Waals surface area contributed by atoms with Crippen molar-refractivity contribution in [1.82, 2.24) is 9.80 Å². The largest absolute Gasteiger partial charge is 0.508 e. The van der Waals surface area contributed by atoms with Crippen LogP contribution in [0, 0.1) is 0 Å². The zero-order chi connectivity index (χ0) is 14.7. The van der Waals surface area contributed by atoms with Crippen LogP contribution in [0.15, 0.2) is 24.3 Å². The minimum Gasteiger partial charge on any atom is -0.508 e. The second-order valence-corrected chi connectivity index (χ2v) is 5.59. The zero-order valence-electron chi connectivity index (χ0n) is 12.1. The third kappa shape index (κ3) is 3.49. The van der Waals surface area contributed by atoms with E-state index in [0.29, 0.717) is 12.5 Å². The molecule has 5 heteroatoms. The van der Waals surface area contributed by atoms with Crippen molar-refractivity contribution in [2.75, 3.05) is 26.7 Å². The maximum atomic E-state index is 12.4. The normalized spacial score (nSPS) is 21.8. The molecule has 0 radical (unpaired) electrons. The van der Waals surface area contributed by atoms with Gasteiger partial charge in [0.2, 0.25) is 5.91 Å². The van der Waals surface area contributed by atoms with E-state index in [1.807, 2.05) is 4.90 Å². The van der Waals surface area contributed by atoms with E-state index in [2.05, 4.69) is 18.9 Å². The molecule has 1 saturated heterocycles. The van der Waals surface area contributed by atoms with Gasteiger partial charge in [-0.2, -0.15) is 0 Å². The van der Waals surface area contributed by atoms with Crippen LogP contribution in [0.25, 0.3) is 0 Å². The van der Waals surface area contributed by atoms with Gasteiger partial charge in [-0.15, -0.1) is 0 Å². The fourth-order valence-corrected chi connectivity index (χ4v) is 2.46. The SMILES string of the molecule is CC1CN(C(=O)C(N)Cc2ccc(O)cc2)CCN1C. The van der Waals surface area contributed by atoms with Crippen molar-refractivity contribution in [3.63, 3.8) is 0 Å². The fraction of sp³-hybridized carbons (Fsp3) is 0.533. The van der Waals surface area contributed by atoms with Crippen LogP contribution in [0.2, 0.25) is 0 Å². The van der Waals surface area contributed by atoms with Crippen molar-refractivity contribution in [2.24, 2.45) is 5.73 Å². The Balaban J connectivity index is 1.93. The molecule has 2 rings (SSSR count). The molecular weight excluding hydrogens is 254 g/mol. The first-order valence-electron chi connectivity index (χ1n) is 7.00. The second-order valence-electron chi connectivity index (χ2n) is 5.59. The number of aromatic hydroxyl groups is 1. The molecule has 110 valence electrons. The summed E-state index contributed by atoms with van der Waals surface area (Å²) in [5.41, 5.74) is 6.99. The van der Waals surface area contributed by atoms with E-state index in [0.717, 1.165) is 25.2 Å². The summed E-state index contributed by atoms with van der Waals surface area (Å²) >= 11 is 0. The van der Waals surface area contributed by atoms with Gasteiger partial charge in [0.25, 0.3) is 0 Å². The topological polar surface area (TPSA) is 69.8 Å². The number of benzene rings is 1. The molecule has 2 unspecified atom stereocenters. The van der Waals surface area contributed by atoms with Crippen molar-refractivity contribution < 1.29 is 9.90 Å². The summed E-state index contributed by atoms with van der Waals surface area (Å²) < 4.78 is 0. The van der Waals surface area contributed by atoms with E-state index < -0.39 is 6.04 Å². The molecule has 3 N–H and O–H groups in total. The maximum absolute atomic E-state index is 12.4. The van der Waals surface area contributed by atoms with E-state index in [4.69, 9.17) is 5.73 Å². The Bertz CT molecular complexity index is 461. The lowest BCUT2D eigenvalue weighted by Crippen LogP contribution is -2.56. The Morgan fingerprint density at radius 2 is 2.05 bits per heavy atom. The lowest BCUT2D eigenvalue weighted by atomic mass is 10.0. The van der Waals surface area contributed by atoms with Gasteiger partial charge in [-0.25, -0.2) is 0 Å². The van der Waals surface area contributed by atoms with Crippen molar-refractivity contribution in [3.05, 3.63) is 29.8 Å². The summed E-state index contributed by atoms with van der Waals surface area (Å²) in [6.07, 6.45) is 0.500. The van der Waals surface area contributed by atoms with Gasteiger partial charge in [-0.05, 0) is 38.1 Å². The average Bonchev–Trinajstić information content (AvgIpc) is 2.43. The maximum Gasteiger partial charge on any atom is 0.239 e. The number of carbonyl (C=O) groups is 1. The van der Waals surface area contributed by atoms with Gasteiger partial charge >= 0.3 is 0 Å². The zero-order valence-corrected chi connectivity index (χ0v) is 12.1. The van der Waals surface area contributed by atoms with Gasteiger partial charge in [-0.3, -0.25) is 4.79 Å². The predicted molar refractivity (Wildman–Crippen MR) is 78.5 cm³/mol. The molecule has 0 spiro atoms. The first kappa shape index (κ1) is 14.8. The Labute approximate surface area is 120 Å². The molecule has 1 amide bonds. The Morgan fingerprint density at radius 3 is 2.65 bits per heavy atom. The molecule has 1 fully saturated rings. The molecule has 2 atom stereocenters. The molecule has 1 aliphatic rings. The number of hydrogen-bond acceptors (Lipinski definition) is 4. The number of phenolic OH excluding ortho intramolecular Hbond substituents is 1. The van der Waals surface area contributed by atoms with Crippen molar-refractivity contribution >= 4 is 5.91 Å². The van der Waals surface area contributed by atoms with Crippen LogP contribution in [0.5, 0.6) is 5.75 Å². The molecule has 20 heavy (non-hydrogen) atoms. The van der Waals surface area contributed by atoms with Crippen LogP contribution in [0.1, 0.15) is 12.5 Å². The summed E-state index contributed by atoms with van der Waals surface area (Å²) in [6, 6.07) is 6.68. The van der Waals surface area contributed by atoms with Crippen molar-refractivity contribution in [2.45, 2.75) is 25.4 Å². The molecule has 0 bridgehead atoms. The minimum atomic E-state index is -0.518. The molecule has 0 saturated carbocycles. The highest BCUT2D eigenvalue weighted by Crippen LogP contribution is 2.13. The number of amides is 1. The van der Waals surface area contributed by atoms with E-state index >= 15 is 0 Å². The highest BCUT2D eigenvalue weighted by molar-refractivity contribution is 5.82. The smallest absolute Gasteiger partial charge is 0.239 e. The Hall–Kier alpha value is -1.59. The minimum absolute atomic E-state index is 0.0121. The number of nitrogens with two attached hydrogens (primary N) is 1. The van der Waals surface area contributed by atoms with Crippen molar-refractivity contribution in [1.29, 1.82) is 0 Å². The average molecular weight is 277 g/mol. The number of rotatable bonds is 3. The quantitative estimate of drug-likeness (QED) is 0.840.